The summed E-state index contributed by atoms with van der Waals surface area (Å²) in [5, 5.41) is 6.27. The highest BCUT2D eigenvalue weighted by molar-refractivity contribution is 6.31. The number of aryl methyl sites for hydroxylation is 1. The van der Waals surface area contributed by atoms with Gasteiger partial charge in [0.1, 0.15) is 5.41 Å². The molecule has 1 aliphatic rings. The van der Waals surface area contributed by atoms with Crippen molar-refractivity contribution in [3.63, 3.8) is 0 Å². The van der Waals surface area contributed by atoms with E-state index in [0.717, 1.165) is 11.1 Å². The second-order valence-electron chi connectivity index (χ2n) is 6.27. The van der Waals surface area contributed by atoms with Crippen molar-refractivity contribution in [3.05, 3.63) is 58.6 Å². The third-order valence-electron chi connectivity index (χ3n) is 4.44. The Morgan fingerprint density at radius 1 is 0.958 bits per heavy atom. The number of halogens is 1. The minimum atomic E-state index is -0.986. The van der Waals surface area contributed by atoms with Gasteiger partial charge in [-0.2, -0.15) is 0 Å². The van der Waals surface area contributed by atoms with E-state index in [4.69, 9.17) is 11.6 Å². The van der Waals surface area contributed by atoms with Crippen molar-refractivity contribution in [2.24, 2.45) is 5.41 Å². The third kappa shape index (κ3) is 3.15. The van der Waals surface area contributed by atoms with Crippen LogP contribution in [-0.4, -0.2) is 11.8 Å². The van der Waals surface area contributed by atoms with Gasteiger partial charge in [0, 0.05) is 16.4 Å². The fourth-order valence-corrected chi connectivity index (χ4v) is 2.73. The molecule has 2 amide bonds. The maximum atomic E-state index is 12.6. The maximum Gasteiger partial charge on any atom is 0.240 e. The van der Waals surface area contributed by atoms with Gasteiger partial charge < -0.3 is 10.6 Å². The molecule has 2 N–H and O–H groups in total. The Hall–Kier alpha value is -2.33. The molecule has 2 aromatic rings. The van der Waals surface area contributed by atoms with Crippen LogP contribution in [0.4, 0.5) is 11.4 Å². The quantitative estimate of drug-likeness (QED) is 0.813. The average Bonchev–Trinajstić information content (AvgIpc) is 3.36. The van der Waals surface area contributed by atoms with E-state index in [0.29, 0.717) is 29.2 Å². The van der Waals surface area contributed by atoms with Crippen LogP contribution in [0.1, 0.15) is 24.0 Å². The van der Waals surface area contributed by atoms with E-state index in [1.54, 1.807) is 18.2 Å². The molecule has 0 bridgehead atoms. The van der Waals surface area contributed by atoms with Gasteiger partial charge in [0.15, 0.2) is 0 Å². The Bertz CT molecular complexity index is 796. The summed E-state index contributed by atoms with van der Waals surface area (Å²) < 4.78 is 0. The van der Waals surface area contributed by atoms with Gasteiger partial charge in [-0.25, -0.2) is 0 Å². The Morgan fingerprint density at radius 3 is 2.21 bits per heavy atom. The van der Waals surface area contributed by atoms with Gasteiger partial charge in [-0.05, 0) is 56.5 Å². The summed E-state index contributed by atoms with van der Waals surface area (Å²) in [4.78, 5) is 25.2. The fourth-order valence-electron chi connectivity index (χ4n) is 2.55. The molecule has 0 heterocycles. The molecule has 2 aromatic carbocycles. The van der Waals surface area contributed by atoms with E-state index in [1.165, 1.54) is 0 Å². The zero-order chi connectivity index (χ0) is 17.3. The first-order valence-electron chi connectivity index (χ1n) is 7.87. The number of rotatable bonds is 4. The van der Waals surface area contributed by atoms with Crippen molar-refractivity contribution in [1.29, 1.82) is 0 Å². The lowest BCUT2D eigenvalue weighted by Gasteiger charge is -2.17. The van der Waals surface area contributed by atoms with Crippen LogP contribution >= 0.6 is 11.6 Å². The number of benzene rings is 2. The molecular formula is C19H19ClN2O2. The molecule has 1 fully saturated rings. The van der Waals surface area contributed by atoms with Crippen LogP contribution in [0.3, 0.4) is 0 Å². The summed E-state index contributed by atoms with van der Waals surface area (Å²) in [5.74, 6) is -0.541. The van der Waals surface area contributed by atoms with Crippen LogP contribution in [0.25, 0.3) is 0 Å². The molecule has 0 saturated heterocycles. The predicted molar refractivity (Wildman–Crippen MR) is 96.3 cm³/mol. The van der Waals surface area contributed by atoms with Crippen molar-refractivity contribution in [2.75, 3.05) is 10.6 Å². The van der Waals surface area contributed by atoms with Crippen LogP contribution in [-0.2, 0) is 9.59 Å². The second-order valence-corrected chi connectivity index (χ2v) is 6.68. The van der Waals surface area contributed by atoms with Crippen LogP contribution in [0.5, 0.6) is 0 Å². The monoisotopic (exact) mass is 342 g/mol. The molecule has 1 saturated carbocycles. The largest absolute Gasteiger partial charge is 0.325 e. The smallest absolute Gasteiger partial charge is 0.240 e. The molecule has 1 aliphatic carbocycles. The van der Waals surface area contributed by atoms with E-state index in [1.807, 2.05) is 38.1 Å². The Morgan fingerprint density at radius 2 is 1.58 bits per heavy atom. The normalized spacial score (nSPS) is 14.8. The summed E-state index contributed by atoms with van der Waals surface area (Å²) in [6, 6.07) is 12.8. The van der Waals surface area contributed by atoms with E-state index < -0.39 is 5.41 Å². The number of carbonyl (C=O) groups excluding carboxylic acids is 2. The van der Waals surface area contributed by atoms with E-state index in [-0.39, 0.29) is 11.8 Å². The molecule has 0 aliphatic heterocycles. The standard InChI is InChI=1S/C19H19ClN2O2/c1-12-6-8-14(9-7-12)21-17(23)19(10-11-19)18(24)22-16-5-3-4-15(20)13(16)2/h3-9H,10-11H2,1-2H3,(H,21,23)(H,22,24). The maximum absolute atomic E-state index is 12.6. The number of nitrogens with one attached hydrogen (secondary N) is 2. The molecule has 124 valence electrons. The topological polar surface area (TPSA) is 58.2 Å². The summed E-state index contributed by atoms with van der Waals surface area (Å²) >= 11 is 6.08. The van der Waals surface area contributed by atoms with Crippen LogP contribution in [0.15, 0.2) is 42.5 Å². The van der Waals surface area contributed by atoms with Gasteiger partial charge in [0.25, 0.3) is 0 Å². The summed E-state index contributed by atoms with van der Waals surface area (Å²) in [6.07, 6.45) is 1.10. The highest BCUT2D eigenvalue weighted by Crippen LogP contribution is 2.47. The molecule has 0 atom stereocenters. The molecule has 24 heavy (non-hydrogen) atoms. The van der Waals surface area contributed by atoms with Gasteiger partial charge >= 0.3 is 0 Å². The first-order valence-corrected chi connectivity index (χ1v) is 8.25. The van der Waals surface area contributed by atoms with Gasteiger partial charge in [-0.15, -0.1) is 0 Å². The highest BCUT2D eigenvalue weighted by Gasteiger charge is 2.56. The summed E-state index contributed by atoms with van der Waals surface area (Å²) in [6.45, 7) is 3.82. The van der Waals surface area contributed by atoms with Crippen LogP contribution in [0, 0.1) is 19.3 Å². The van der Waals surface area contributed by atoms with E-state index in [9.17, 15) is 9.59 Å². The second kappa shape index (κ2) is 6.29. The fraction of sp³-hybridized carbons (Fsp3) is 0.263. The molecule has 3 rings (SSSR count). The van der Waals surface area contributed by atoms with Crippen LogP contribution < -0.4 is 10.6 Å². The molecule has 0 spiro atoms. The molecule has 5 heteroatoms. The zero-order valence-corrected chi connectivity index (χ0v) is 14.4. The first kappa shape index (κ1) is 16.5. The zero-order valence-electron chi connectivity index (χ0n) is 13.7. The van der Waals surface area contributed by atoms with E-state index in [2.05, 4.69) is 10.6 Å². The number of hydrogen-bond donors (Lipinski definition) is 2. The molecule has 0 unspecified atom stereocenters. The van der Waals surface area contributed by atoms with Crippen molar-refractivity contribution < 1.29 is 9.59 Å². The van der Waals surface area contributed by atoms with Gasteiger partial charge in [-0.1, -0.05) is 35.4 Å². The van der Waals surface area contributed by atoms with Crippen molar-refractivity contribution in [3.8, 4) is 0 Å². The third-order valence-corrected chi connectivity index (χ3v) is 4.85. The van der Waals surface area contributed by atoms with E-state index >= 15 is 0 Å². The van der Waals surface area contributed by atoms with Gasteiger partial charge in [0.05, 0.1) is 0 Å². The molecule has 4 nitrogen and oxygen atoms in total. The highest BCUT2D eigenvalue weighted by atomic mass is 35.5. The summed E-state index contributed by atoms with van der Waals surface area (Å²) in [7, 11) is 0. The number of amides is 2. The average molecular weight is 343 g/mol. The van der Waals surface area contributed by atoms with Gasteiger partial charge in [-0.3, -0.25) is 9.59 Å². The molecule has 0 radical (unpaired) electrons. The lowest BCUT2D eigenvalue weighted by Crippen LogP contribution is -2.35. The lowest BCUT2D eigenvalue weighted by molar-refractivity contribution is -0.131. The molecule has 0 aromatic heterocycles. The van der Waals surface area contributed by atoms with Crippen molar-refractivity contribution in [1.82, 2.24) is 0 Å². The Labute approximate surface area is 146 Å². The number of anilines is 2. The number of hydrogen-bond acceptors (Lipinski definition) is 2. The van der Waals surface area contributed by atoms with Crippen molar-refractivity contribution >= 4 is 34.8 Å². The first-order chi connectivity index (χ1) is 11.4. The SMILES string of the molecule is Cc1ccc(NC(=O)C2(C(=O)Nc3cccc(Cl)c3C)CC2)cc1. The minimum absolute atomic E-state index is 0.261. The lowest BCUT2D eigenvalue weighted by atomic mass is 10.0. The molecular weight excluding hydrogens is 324 g/mol. The summed E-state index contributed by atoms with van der Waals surface area (Å²) in [5.41, 5.74) is 2.26. The Kier molecular flexibility index (Phi) is 4.33. The van der Waals surface area contributed by atoms with Crippen molar-refractivity contribution in [2.45, 2.75) is 26.7 Å². The minimum Gasteiger partial charge on any atom is -0.325 e. The predicted octanol–water partition coefficient (Wildman–Crippen LogP) is 4.31. The van der Waals surface area contributed by atoms with Gasteiger partial charge in [0.2, 0.25) is 11.8 Å². The van der Waals surface area contributed by atoms with Crippen LogP contribution in [0.2, 0.25) is 5.02 Å². The number of carbonyl (C=O) groups is 2. The Balaban J connectivity index is 1.73.